The summed E-state index contributed by atoms with van der Waals surface area (Å²) < 4.78 is 40.4. The molecule has 1 unspecified atom stereocenters. The summed E-state index contributed by atoms with van der Waals surface area (Å²) in [6.07, 6.45) is -0.266. The Labute approximate surface area is 129 Å². The lowest BCUT2D eigenvalue weighted by Gasteiger charge is -2.25. The van der Waals surface area contributed by atoms with Crippen molar-refractivity contribution >= 4 is 23.2 Å². The number of hydrogen-bond acceptors (Lipinski definition) is 1. The van der Waals surface area contributed by atoms with Gasteiger partial charge in [0.2, 0.25) is 0 Å². The average Bonchev–Trinajstić information content (AvgIpc) is 2.39. The number of benzene rings is 2. The van der Waals surface area contributed by atoms with Crippen LogP contribution in [0.1, 0.15) is 18.1 Å². The molecule has 112 valence electrons. The van der Waals surface area contributed by atoms with Gasteiger partial charge in [0.1, 0.15) is 5.82 Å². The lowest BCUT2D eigenvalue weighted by Crippen LogP contribution is -2.25. The summed E-state index contributed by atoms with van der Waals surface area (Å²) in [6.45, 7) is 1.34. The van der Waals surface area contributed by atoms with Gasteiger partial charge in [-0.2, -0.15) is 0 Å². The topological polar surface area (TPSA) is 20.2 Å². The third-order valence-electron chi connectivity index (χ3n) is 3.16. The normalized spacial score (nSPS) is 14.0. The molecule has 0 spiro atoms. The molecule has 2 rings (SSSR count). The first kappa shape index (κ1) is 16.1. The third-order valence-corrected chi connectivity index (χ3v) is 3.76. The molecule has 0 fully saturated rings. The minimum Gasteiger partial charge on any atom is -0.385 e. The molecule has 21 heavy (non-hydrogen) atoms. The van der Waals surface area contributed by atoms with E-state index in [0.29, 0.717) is 0 Å². The molecular weight excluding hydrogens is 324 g/mol. The van der Waals surface area contributed by atoms with Gasteiger partial charge in [0, 0.05) is 17.0 Å². The summed E-state index contributed by atoms with van der Waals surface area (Å²) in [5.74, 6) is -2.82. The van der Waals surface area contributed by atoms with E-state index in [4.69, 9.17) is 23.2 Å². The number of rotatable bonds is 3. The van der Waals surface area contributed by atoms with Gasteiger partial charge in [0.25, 0.3) is 0 Å². The molecule has 2 aromatic carbocycles. The van der Waals surface area contributed by atoms with E-state index in [2.05, 4.69) is 0 Å². The van der Waals surface area contributed by atoms with E-state index in [0.717, 1.165) is 18.2 Å². The molecule has 0 saturated heterocycles. The third kappa shape index (κ3) is 3.34. The first-order valence-electron chi connectivity index (χ1n) is 6.02. The van der Waals surface area contributed by atoms with Crippen LogP contribution in [0.25, 0.3) is 0 Å². The number of hydrogen-bond donors (Lipinski definition) is 1. The second-order valence-electron chi connectivity index (χ2n) is 4.91. The van der Waals surface area contributed by atoms with Crippen LogP contribution in [0, 0.1) is 17.5 Å². The summed E-state index contributed by atoms with van der Waals surface area (Å²) in [4.78, 5) is 0. The zero-order chi connectivity index (χ0) is 15.8. The van der Waals surface area contributed by atoms with Crippen molar-refractivity contribution in [2.75, 3.05) is 0 Å². The predicted octanol–water partition coefficient (Wildman–Crippen LogP) is 4.86. The second-order valence-corrected chi connectivity index (χ2v) is 5.72. The smallest absolute Gasteiger partial charge is 0.162 e. The average molecular weight is 335 g/mol. The molecule has 0 aliphatic rings. The van der Waals surface area contributed by atoms with Gasteiger partial charge in [0.05, 0.1) is 10.6 Å². The number of aliphatic hydroxyl groups is 1. The summed E-state index contributed by atoms with van der Waals surface area (Å²) in [5.41, 5.74) is -1.67. The number of halogens is 5. The Morgan fingerprint density at radius 2 is 1.71 bits per heavy atom. The van der Waals surface area contributed by atoms with Crippen molar-refractivity contribution in [1.82, 2.24) is 0 Å². The van der Waals surface area contributed by atoms with Gasteiger partial charge in [-0.3, -0.25) is 0 Å². The van der Waals surface area contributed by atoms with Crippen LogP contribution in [0.2, 0.25) is 10.0 Å². The van der Waals surface area contributed by atoms with E-state index >= 15 is 0 Å². The SMILES string of the molecule is CC(O)(Cc1cccc(F)c1F)c1cc(F)c(Cl)cc1Cl. The molecule has 0 aromatic heterocycles. The lowest BCUT2D eigenvalue weighted by molar-refractivity contribution is 0.0563. The summed E-state index contributed by atoms with van der Waals surface area (Å²) in [7, 11) is 0. The molecule has 0 amide bonds. The summed E-state index contributed by atoms with van der Waals surface area (Å²) in [6, 6.07) is 5.79. The standard InChI is InChI=1S/C15H11Cl2F3O/c1-15(21,7-8-3-2-4-12(18)14(8)20)9-5-13(19)11(17)6-10(9)16/h2-6,21H,7H2,1H3. The Balaban J connectivity index is 2.43. The molecule has 0 saturated carbocycles. The maximum absolute atomic E-state index is 13.7. The molecule has 1 nitrogen and oxygen atoms in total. The van der Waals surface area contributed by atoms with Crippen molar-refractivity contribution in [3.63, 3.8) is 0 Å². The van der Waals surface area contributed by atoms with Crippen LogP contribution < -0.4 is 0 Å². The highest BCUT2D eigenvalue weighted by molar-refractivity contribution is 6.35. The highest BCUT2D eigenvalue weighted by atomic mass is 35.5. The van der Waals surface area contributed by atoms with Crippen LogP contribution in [-0.4, -0.2) is 5.11 Å². The van der Waals surface area contributed by atoms with Crippen molar-refractivity contribution in [3.8, 4) is 0 Å². The van der Waals surface area contributed by atoms with E-state index < -0.39 is 23.1 Å². The van der Waals surface area contributed by atoms with E-state index in [1.165, 1.54) is 19.1 Å². The van der Waals surface area contributed by atoms with Crippen molar-refractivity contribution in [3.05, 3.63) is 69.0 Å². The maximum Gasteiger partial charge on any atom is 0.162 e. The van der Waals surface area contributed by atoms with Crippen LogP contribution in [0.3, 0.4) is 0 Å². The quantitative estimate of drug-likeness (QED) is 0.794. The van der Waals surface area contributed by atoms with Gasteiger partial charge in [0.15, 0.2) is 11.6 Å². The molecule has 0 aliphatic heterocycles. The second kappa shape index (κ2) is 5.87. The van der Waals surface area contributed by atoms with Gasteiger partial charge in [-0.15, -0.1) is 0 Å². The zero-order valence-electron chi connectivity index (χ0n) is 10.9. The van der Waals surface area contributed by atoms with Crippen molar-refractivity contribution in [2.24, 2.45) is 0 Å². The molecule has 0 radical (unpaired) electrons. The molecule has 2 aromatic rings. The van der Waals surface area contributed by atoms with Gasteiger partial charge >= 0.3 is 0 Å². The zero-order valence-corrected chi connectivity index (χ0v) is 12.4. The van der Waals surface area contributed by atoms with Crippen LogP contribution >= 0.6 is 23.2 Å². The Morgan fingerprint density at radius 3 is 2.38 bits per heavy atom. The summed E-state index contributed by atoms with van der Waals surface area (Å²) in [5, 5.41) is 10.3. The molecular formula is C15H11Cl2F3O. The Morgan fingerprint density at radius 1 is 1.05 bits per heavy atom. The Hall–Kier alpha value is -1.23. The fourth-order valence-electron chi connectivity index (χ4n) is 2.09. The van der Waals surface area contributed by atoms with Gasteiger partial charge in [-0.1, -0.05) is 35.3 Å². The van der Waals surface area contributed by atoms with Crippen molar-refractivity contribution < 1.29 is 18.3 Å². The summed E-state index contributed by atoms with van der Waals surface area (Å²) >= 11 is 11.5. The molecule has 0 bridgehead atoms. The lowest BCUT2D eigenvalue weighted by atomic mass is 9.88. The fourth-order valence-corrected chi connectivity index (χ4v) is 2.67. The van der Waals surface area contributed by atoms with Crippen molar-refractivity contribution in [1.29, 1.82) is 0 Å². The van der Waals surface area contributed by atoms with E-state index in [1.807, 2.05) is 0 Å². The van der Waals surface area contributed by atoms with Gasteiger partial charge < -0.3 is 5.11 Å². The first-order valence-corrected chi connectivity index (χ1v) is 6.78. The van der Waals surface area contributed by atoms with Crippen molar-refractivity contribution in [2.45, 2.75) is 18.9 Å². The van der Waals surface area contributed by atoms with Crippen LogP contribution in [0.5, 0.6) is 0 Å². The van der Waals surface area contributed by atoms with Crippen LogP contribution in [0.4, 0.5) is 13.2 Å². The van der Waals surface area contributed by atoms with Crippen LogP contribution in [0.15, 0.2) is 30.3 Å². The predicted molar refractivity (Wildman–Crippen MR) is 76.1 cm³/mol. The van der Waals surface area contributed by atoms with E-state index in [-0.39, 0.29) is 27.6 Å². The maximum atomic E-state index is 13.7. The Bertz CT molecular complexity index is 687. The first-order chi connectivity index (χ1) is 9.72. The minimum atomic E-state index is -1.68. The largest absolute Gasteiger partial charge is 0.385 e. The van der Waals surface area contributed by atoms with Crippen LogP contribution in [-0.2, 0) is 12.0 Å². The molecule has 1 N–H and O–H groups in total. The molecule has 0 aliphatic carbocycles. The highest BCUT2D eigenvalue weighted by Crippen LogP contribution is 2.34. The van der Waals surface area contributed by atoms with E-state index in [9.17, 15) is 18.3 Å². The monoisotopic (exact) mass is 334 g/mol. The highest BCUT2D eigenvalue weighted by Gasteiger charge is 2.29. The molecule has 0 heterocycles. The molecule has 1 atom stereocenters. The van der Waals surface area contributed by atoms with E-state index in [1.54, 1.807) is 0 Å². The molecule has 6 heteroatoms. The Kier molecular flexibility index (Phi) is 4.51. The fraction of sp³-hybridized carbons (Fsp3) is 0.200. The minimum absolute atomic E-state index is 0.0357. The van der Waals surface area contributed by atoms with Gasteiger partial charge in [-0.25, -0.2) is 13.2 Å². The van der Waals surface area contributed by atoms with Gasteiger partial charge in [-0.05, 0) is 30.7 Å².